The molecule has 1 aromatic heterocycles. The van der Waals surface area contributed by atoms with Crippen LogP contribution in [0.3, 0.4) is 0 Å². The molecule has 0 atom stereocenters. The highest BCUT2D eigenvalue weighted by molar-refractivity contribution is 6.09. The molecule has 17 heavy (non-hydrogen) atoms. The van der Waals surface area contributed by atoms with Gasteiger partial charge in [0.05, 0.1) is 0 Å². The summed E-state index contributed by atoms with van der Waals surface area (Å²) in [5, 5.41) is 10.4. The number of nitrogens with two attached hydrogens (primary N) is 1. The number of aromatic nitrogens is 1. The van der Waals surface area contributed by atoms with E-state index in [2.05, 4.69) is 9.98 Å². The van der Waals surface area contributed by atoms with E-state index in [-0.39, 0.29) is 11.9 Å². The number of nitrogens with zero attached hydrogens (tertiary/aromatic N) is 3. The van der Waals surface area contributed by atoms with Crippen molar-refractivity contribution in [3.8, 4) is 0 Å². The Morgan fingerprint density at radius 3 is 2.71 bits per heavy atom. The van der Waals surface area contributed by atoms with Crippen LogP contribution in [0.25, 0.3) is 5.57 Å². The second-order valence-corrected chi connectivity index (χ2v) is 3.66. The summed E-state index contributed by atoms with van der Waals surface area (Å²) in [6.07, 6.45) is 4.44. The van der Waals surface area contributed by atoms with Crippen LogP contribution in [-0.2, 0) is 0 Å². The van der Waals surface area contributed by atoms with Crippen LogP contribution in [0.2, 0.25) is 0 Å². The Bertz CT molecular complexity index is 449. The fraction of sp³-hybridized carbons (Fsp3) is 0.273. The lowest BCUT2D eigenvalue weighted by atomic mass is 10.1. The second kappa shape index (κ2) is 5.74. The average molecular weight is 234 g/mol. The van der Waals surface area contributed by atoms with Crippen LogP contribution in [0.5, 0.6) is 0 Å². The lowest BCUT2D eigenvalue weighted by molar-refractivity contribution is -0.389. The SMILES string of the molecule is CC(C)N=C/C(=C\N)c1ccc([N+](=O)[O-])nc1. The van der Waals surface area contributed by atoms with E-state index in [9.17, 15) is 10.1 Å². The maximum Gasteiger partial charge on any atom is 0.363 e. The van der Waals surface area contributed by atoms with Gasteiger partial charge in [0.15, 0.2) is 0 Å². The molecule has 0 amide bonds. The molecule has 1 rings (SSSR count). The third-order valence-corrected chi connectivity index (χ3v) is 1.96. The number of hydrogen-bond acceptors (Lipinski definition) is 5. The Morgan fingerprint density at radius 2 is 2.29 bits per heavy atom. The van der Waals surface area contributed by atoms with Gasteiger partial charge in [-0.05, 0) is 29.8 Å². The molecule has 0 saturated carbocycles. The van der Waals surface area contributed by atoms with Crippen molar-refractivity contribution in [2.45, 2.75) is 19.9 Å². The largest absolute Gasteiger partial charge is 0.404 e. The highest BCUT2D eigenvalue weighted by Crippen LogP contribution is 2.14. The van der Waals surface area contributed by atoms with Gasteiger partial charge in [0.1, 0.15) is 6.20 Å². The Balaban J connectivity index is 2.95. The number of allylic oxidation sites excluding steroid dienone is 1. The van der Waals surface area contributed by atoms with Crippen molar-refractivity contribution >= 4 is 17.6 Å². The van der Waals surface area contributed by atoms with E-state index in [1.807, 2.05) is 13.8 Å². The molecule has 1 heterocycles. The van der Waals surface area contributed by atoms with Crippen LogP contribution < -0.4 is 5.73 Å². The molecule has 0 unspecified atom stereocenters. The fourth-order valence-electron chi connectivity index (χ4n) is 1.11. The first-order valence-electron chi connectivity index (χ1n) is 5.10. The molecule has 2 N–H and O–H groups in total. The summed E-state index contributed by atoms with van der Waals surface area (Å²) in [5.74, 6) is -0.189. The monoisotopic (exact) mass is 234 g/mol. The molecule has 0 aliphatic heterocycles. The smallest absolute Gasteiger partial charge is 0.363 e. The summed E-state index contributed by atoms with van der Waals surface area (Å²) in [4.78, 5) is 17.8. The normalized spacial score (nSPS) is 12.3. The quantitative estimate of drug-likeness (QED) is 0.488. The molecule has 0 aliphatic carbocycles. The van der Waals surface area contributed by atoms with E-state index in [4.69, 9.17) is 5.73 Å². The Labute approximate surface area is 99.0 Å². The fourth-order valence-corrected chi connectivity index (χ4v) is 1.11. The van der Waals surface area contributed by atoms with Crippen LogP contribution >= 0.6 is 0 Å². The van der Waals surface area contributed by atoms with Gasteiger partial charge in [-0.25, -0.2) is 0 Å². The summed E-state index contributed by atoms with van der Waals surface area (Å²) in [5.41, 5.74) is 6.85. The highest BCUT2D eigenvalue weighted by atomic mass is 16.6. The number of aliphatic imine (C=N–C) groups is 1. The molecule has 0 radical (unpaired) electrons. The third kappa shape index (κ3) is 3.67. The van der Waals surface area contributed by atoms with Gasteiger partial charge < -0.3 is 15.8 Å². The predicted octanol–water partition coefficient (Wildman–Crippen LogP) is 1.77. The van der Waals surface area contributed by atoms with E-state index in [0.29, 0.717) is 11.1 Å². The molecule has 6 nitrogen and oxygen atoms in total. The minimum Gasteiger partial charge on any atom is -0.404 e. The maximum absolute atomic E-state index is 10.4. The molecule has 6 heteroatoms. The molecule has 0 aliphatic rings. The lowest BCUT2D eigenvalue weighted by Crippen LogP contribution is -1.97. The van der Waals surface area contributed by atoms with Crippen LogP contribution in [0.15, 0.2) is 29.5 Å². The minimum atomic E-state index is -0.544. The van der Waals surface area contributed by atoms with Crippen LogP contribution in [0.4, 0.5) is 5.82 Å². The van der Waals surface area contributed by atoms with Crippen molar-refractivity contribution in [2.75, 3.05) is 0 Å². The number of hydrogen-bond donors (Lipinski definition) is 1. The predicted molar refractivity (Wildman–Crippen MR) is 66.7 cm³/mol. The Kier molecular flexibility index (Phi) is 4.33. The zero-order chi connectivity index (χ0) is 12.8. The van der Waals surface area contributed by atoms with Crippen LogP contribution in [0, 0.1) is 10.1 Å². The topological polar surface area (TPSA) is 94.4 Å². The number of rotatable bonds is 4. The summed E-state index contributed by atoms with van der Waals surface area (Å²) in [6.45, 7) is 3.89. The molecule has 0 saturated heterocycles. The van der Waals surface area contributed by atoms with Crippen molar-refractivity contribution in [2.24, 2.45) is 10.7 Å². The average Bonchev–Trinajstić information content (AvgIpc) is 2.30. The van der Waals surface area contributed by atoms with Gasteiger partial charge in [-0.15, -0.1) is 0 Å². The van der Waals surface area contributed by atoms with Gasteiger partial charge in [-0.1, -0.05) is 0 Å². The summed E-state index contributed by atoms with van der Waals surface area (Å²) >= 11 is 0. The van der Waals surface area contributed by atoms with Crippen molar-refractivity contribution < 1.29 is 4.92 Å². The van der Waals surface area contributed by atoms with E-state index in [0.717, 1.165) is 0 Å². The molecule has 0 fully saturated rings. The van der Waals surface area contributed by atoms with Crippen molar-refractivity contribution in [3.05, 3.63) is 40.2 Å². The van der Waals surface area contributed by atoms with Crippen LogP contribution in [-0.4, -0.2) is 22.2 Å². The Morgan fingerprint density at radius 1 is 1.59 bits per heavy atom. The zero-order valence-electron chi connectivity index (χ0n) is 9.70. The summed E-state index contributed by atoms with van der Waals surface area (Å²) in [7, 11) is 0. The van der Waals surface area contributed by atoms with Gasteiger partial charge in [-0.2, -0.15) is 0 Å². The number of pyridine rings is 1. The molecule has 0 aromatic carbocycles. The Hall–Kier alpha value is -2.24. The summed E-state index contributed by atoms with van der Waals surface area (Å²) in [6, 6.07) is 3.09. The first-order chi connectivity index (χ1) is 8.04. The highest BCUT2D eigenvalue weighted by Gasteiger charge is 2.08. The van der Waals surface area contributed by atoms with Crippen molar-refractivity contribution in [3.63, 3.8) is 0 Å². The lowest BCUT2D eigenvalue weighted by Gasteiger charge is -2.00. The summed E-state index contributed by atoms with van der Waals surface area (Å²) < 4.78 is 0. The van der Waals surface area contributed by atoms with Gasteiger partial charge in [0, 0.05) is 35.7 Å². The molecule has 0 spiro atoms. The molecular formula is C11H14N4O2. The van der Waals surface area contributed by atoms with Crippen molar-refractivity contribution in [1.82, 2.24) is 4.98 Å². The van der Waals surface area contributed by atoms with E-state index in [1.165, 1.54) is 18.5 Å². The van der Waals surface area contributed by atoms with E-state index in [1.54, 1.807) is 12.3 Å². The first-order valence-corrected chi connectivity index (χ1v) is 5.10. The van der Waals surface area contributed by atoms with E-state index >= 15 is 0 Å². The van der Waals surface area contributed by atoms with Crippen molar-refractivity contribution in [1.29, 1.82) is 0 Å². The maximum atomic E-state index is 10.4. The third-order valence-electron chi connectivity index (χ3n) is 1.96. The standard InChI is InChI=1S/C11H14N4O2/c1-8(2)13-7-10(5-12)9-3-4-11(14-6-9)15(16)17/h3-8H,12H2,1-2H3/b10-5+,13-7?. The molecule has 90 valence electrons. The zero-order valence-corrected chi connectivity index (χ0v) is 9.70. The van der Waals surface area contributed by atoms with Gasteiger partial charge in [0.2, 0.25) is 0 Å². The number of nitro groups is 1. The van der Waals surface area contributed by atoms with Gasteiger partial charge in [0.25, 0.3) is 0 Å². The minimum absolute atomic E-state index is 0.163. The van der Waals surface area contributed by atoms with Gasteiger partial charge >= 0.3 is 5.82 Å². The first kappa shape index (κ1) is 12.8. The molecular weight excluding hydrogens is 220 g/mol. The molecule has 1 aromatic rings. The molecule has 0 bridgehead atoms. The van der Waals surface area contributed by atoms with Crippen LogP contribution in [0.1, 0.15) is 19.4 Å². The van der Waals surface area contributed by atoms with E-state index < -0.39 is 4.92 Å². The van der Waals surface area contributed by atoms with Gasteiger partial charge in [-0.3, -0.25) is 4.99 Å². The second-order valence-electron chi connectivity index (χ2n) is 3.66.